The maximum Gasteiger partial charge on any atom is 0.325 e. The molecule has 0 radical (unpaired) electrons. The Hall–Kier alpha value is -9.33. The first kappa shape index (κ1) is 129. The van der Waals surface area contributed by atoms with Gasteiger partial charge in [0.25, 0.3) is 0 Å². The Morgan fingerprint density at radius 1 is 0.361 bits per heavy atom. The number of carbonyl (C=O) groups is 17. The molecule has 0 aromatic carbocycles. The molecule has 0 aromatic heterocycles. The number of aliphatic hydroxyl groups excluding tert-OH is 4. The minimum Gasteiger partial charge on any atom is -0.460 e. The number of nitrogens with two attached hydrogens (primary N) is 3. The third-order valence-electron chi connectivity index (χ3n) is 28.1. The van der Waals surface area contributed by atoms with Crippen LogP contribution >= 0.6 is 0 Å². The number of nitrogens with one attached hydrogen (secondary N) is 12. The van der Waals surface area contributed by atoms with Crippen molar-refractivity contribution in [2.75, 3.05) is 80.2 Å². The predicted octanol–water partition coefficient (Wildman–Crippen LogP) is 2.48. The van der Waals surface area contributed by atoms with E-state index in [1.807, 2.05) is 48.5 Å². The highest BCUT2D eigenvalue weighted by Crippen LogP contribution is 2.32. The summed E-state index contributed by atoms with van der Waals surface area (Å²) in [6.45, 7) is 22.5. The molecule has 3 heterocycles. The van der Waals surface area contributed by atoms with E-state index in [-0.39, 0.29) is 74.2 Å². The van der Waals surface area contributed by atoms with Gasteiger partial charge in [0.05, 0.1) is 49.8 Å². The first-order valence-electron chi connectivity index (χ1n) is 53.5. The number of unbranched alkanes of at least 4 members (excludes halogenated alkanes) is 13. The fraction of sp³-hybridized carbons (Fsp3) is 0.833. The Morgan fingerprint density at radius 2 is 0.708 bits per heavy atom. The van der Waals surface area contributed by atoms with Crippen molar-refractivity contribution in [2.45, 2.75) is 418 Å². The molecule has 3 saturated heterocycles. The van der Waals surface area contributed by atoms with Crippen molar-refractivity contribution in [2.24, 2.45) is 64.5 Å². The Labute approximate surface area is 854 Å². The number of likely N-dealkylation sites (N-methyl/N-ethyl adjacent to an activating group) is 3. The number of nitrogens with zero attached hydrogens (tertiary/aromatic N) is 3. The maximum absolute atomic E-state index is 14.1. The van der Waals surface area contributed by atoms with E-state index in [1.54, 1.807) is 27.8 Å². The average molecular weight is 2050 g/mol. The minimum atomic E-state index is -1.75. The van der Waals surface area contributed by atoms with Gasteiger partial charge < -0.3 is 130 Å². The number of rotatable bonds is 36. The summed E-state index contributed by atoms with van der Waals surface area (Å²) in [7, 11) is 4.68. The quantitative estimate of drug-likeness (QED) is 0.0316. The van der Waals surface area contributed by atoms with Gasteiger partial charge in [0.15, 0.2) is 0 Å². The minimum absolute atomic E-state index is 0.00341. The Morgan fingerprint density at radius 3 is 1.10 bits per heavy atom. The van der Waals surface area contributed by atoms with E-state index >= 15 is 0 Å². The summed E-state index contributed by atoms with van der Waals surface area (Å²) in [5.41, 5.74) is 17.5. The van der Waals surface area contributed by atoms with Gasteiger partial charge in [-0.05, 0) is 114 Å². The summed E-state index contributed by atoms with van der Waals surface area (Å²) >= 11 is 0. The molecule has 42 nitrogen and oxygen atoms in total. The lowest BCUT2D eigenvalue weighted by Crippen LogP contribution is -2.63. The molecule has 0 spiro atoms. The van der Waals surface area contributed by atoms with Gasteiger partial charge in [-0.3, -0.25) is 81.5 Å². The highest BCUT2D eigenvalue weighted by atomic mass is 16.6. The van der Waals surface area contributed by atoms with Crippen molar-refractivity contribution >= 4 is 101 Å². The lowest BCUT2D eigenvalue weighted by molar-refractivity contribution is -0.158. The highest BCUT2D eigenvalue weighted by Gasteiger charge is 2.45. The molecule has 2 aliphatic carbocycles. The molecule has 3 aliphatic heterocycles. The molecule has 5 fully saturated rings. The molecule has 22 N–H and O–H groups in total. The zero-order valence-electron chi connectivity index (χ0n) is 89.4. The monoisotopic (exact) mass is 2050 g/mol. The fourth-order valence-corrected chi connectivity index (χ4v) is 18.7. The number of amides is 15. The molecule has 42 heteroatoms. The van der Waals surface area contributed by atoms with Crippen LogP contribution in [0.5, 0.6) is 0 Å². The van der Waals surface area contributed by atoms with Crippen molar-refractivity contribution in [1.82, 2.24) is 78.5 Å². The fourth-order valence-electron chi connectivity index (χ4n) is 18.7. The lowest BCUT2D eigenvalue weighted by atomic mass is 9.83. The summed E-state index contributed by atoms with van der Waals surface area (Å²) < 4.78 is 17.7. The zero-order valence-corrected chi connectivity index (χ0v) is 89.4. The molecule has 144 heavy (non-hydrogen) atoms. The standard InChI is InChI=1S/C35H66N6O7.C34H60N6O9.C33H58N6O8/c1-8-10-11-12-13-14-15-16-17-29-25(6)35(47)41(7)28(20-23(3)4)33(45)40-30(24(5)9-2)34(46)38-26(21-36)32(44)39-27(22-42)31(43)37-18-19-48-29;1-6-7-8-12-15-26-21(4)34(48)40(5)24(16-20(2)3)31(45)38-28(22-13-10-9-11-14-22)33(47)37-23(17-35)30(44)39-29(25(42)19-41)32(46)36-18-27(43)49-26;1-6-8-9-13-17-25-20(3)33(46)39(5)24(14-7-2)30(43)38-28(22-15-11-10-12-16-22)32(45)36-23(18-34)29(42)37-27(21(4)40)31(44)35-19-26(41)47-25/h23-30,42H,8-22,36H2,1-7H3,(H,37,43)(H,38,46)(H,39,44)(H,40,45);20-26,28-29,41-42H,6-19,35H2,1-5H3,(H,36,46)(H,37,47)(H,38,45)(H,39,44);20-25,27-28,40H,6-19,34H2,1-5H3,(H,35,44)(H,36,45)(H,37,42)(H,38,43)/t24-,25-,26+,27+,28+,29-,30+;21-,23+,24+,25+,26-,28+,29+;20-,21+,23+,24+,25-,27+,28+/m111/s1. The second-order valence-electron chi connectivity index (χ2n) is 40.7. The van der Waals surface area contributed by atoms with Gasteiger partial charge in [0.1, 0.15) is 104 Å². The number of cyclic esters (lactones) is 2. The summed E-state index contributed by atoms with van der Waals surface area (Å²) in [5.74, 6) is -13.9. The lowest BCUT2D eigenvalue weighted by Gasteiger charge is -2.36. The Bertz CT molecular complexity index is 3950. The van der Waals surface area contributed by atoms with Crippen LogP contribution in [0.2, 0.25) is 0 Å². The van der Waals surface area contributed by atoms with Gasteiger partial charge in [0, 0.05) is 47.3 Å². The van der Waals surface area contributed by atoms with Crippen LogP contribution in [-0.2, 0) is 95.7 Å². The third-order valence-corrected chi connectivity index (χ3v) is 28.1. The average Bonchev–Trinajstić information content (AvgIpc) is 1.29. The number of esters is 2. The highest BCUT2D eigenvalue weighted by molar-refractivity contribution is 6.00. The number of carbonyl (C=O) groups excluding carboxylic acids is 17. The molecular weight excluding hydrogens is 1860 g/mol. The molecule has 0 bridgehead atoms. The Balaban J connectivity index is 0.000000555. The van der Waals surface area contributed by atoms with Crippen molar-refractivity contribution in [3.8, 4) is 0 Å². The number of hydrogen-bond acceptors (Lipinski definition) is 27. The van der Waals surface area contributed by atoms with E-state index in [4.69, 9.17) is 31.4 Å². The van der Waals surface area contributed by atoms with Gasteiger partial charge in [-0.25, -0.2) is 0 Å². The molecule has 15 amide bonds. The smallest absolute Gasteiger partial charge is 0.325 e. The molecule has 5 rings (SSSR count). The van der Waals surface area contributed by atoms with E-state index < -0.39 is 236 Å². The van der Waals surface area contributed by atoms with Crippen molar-refractivity contribution in [3.05, 3.63) is 0 Å². The van der Waals surface area contributed by atoms with Crippen LogP contribution in [0.1, 0.15) is 315 Å². The van der Waals surface area contributed by atoms with Crippen LogP contribution in [-0.4, -0.2) is 319 Å². The van der Waals surface area contributed by atoms with Gasteiger partial charge in [-0.2, -0.15) is 0 Å². The number of aliphatic hydroxyl groups is 4. The predicted molar refractivity (Wildman–Crippen MR) is 543 cm³/mol. The normalized spacial score (nSPS) is 28.0. The number of hydrogen-bond donors (Lipinski definition) is 19. The molecule has 826 valence electrons. The Kier molecular flexibility index (Phi) is 62.4. The first-order valence-corrected chi connectivity index (χ1v) is 53.5. The molecular formula is C102H184N18O24. The van der Waals surface area contributed by atoms with Crippen LogP contribution in [0.4, 0.5) is 0 Å². The van der Waals surface area contributed by atoms with Crippen molar-refractivity contribution in [1.29, 1.82) is 0 Å². The molecule has 21 atom stereocenters. The van der Waals surface area contributed by atoms with E-state index in [0.29, 0.717) is 89.9 Å². The topological polar surface area (TPSA) is 631 Å². The van der Waals surface area contributed by atoms with Gasteiger partial charge >= 0.3 is 11.9 Å². The first-order chi connectivity index (χ1) is 68.4. The SMILES string of the molecule is CCCCCCCCCC[C@H]1OCCNC(=O)[C@H](CO)NC(=O)[C@H](CN)NC(=O)[C@H]([C@H](C)CC)NC(=O)[C@H](CC(C)C)N(C)C(=O)[C@@H]1C.CCCCCC[C@H]1OC(=O)CNC(=O)[C@H]([C@@H](O)CO)NC(=O)[C@H](CN)NC(=O)[C@H](C2CCCCC2)NC(=O)[C@H](CC(C)C)N(C)C(=O)[C@@H]1C.CCCCCC[C@H]1OC(=O)CNC(=O)[C@H]([C@H](C)O)NC(=O)[C@H](CN)NC(=O)[C@H](C2CCCCC2)NC(=O)[C@H](CCC)N(C)C(=O)[C@@H]1C. The molecule has 0 unspecified atom stereocenters. The zero-order chi connectivity index (χ0) is 108. The second kappa shape index (κ2) is 69.7. The summed E-state index contributed by atoms with van der Waals surface area (Å²) in [6.07, 6.45) is 22.5. The number of ether oxygens (including phenoxy) is 3. The van der Waals surface area contributed by atoms with Crippen LogP contribution in [0.3, 0.4) is 0 Å². The molecule has 0 aromatic rings. The van der Waals surface area contributed by atoms with Crippen molar-refractivity contribution in [3.63, 3.8) is 0 Å². The summed E-state index contributed by atoms with van der Waals surface area (Å²) in [5, 5.41) is 71.2. The van der Waals surface area contributed by atoms with Gasteiger partial charge in [-0.1, -0.05) is 231 Å². The molecule has 5 aliphatic rings. The van der Waals surface area contributed by atoms with Crippen LogP contribution in [0, 0.1) is 47.3 Å². The summed E-state index contributed by atoms with van der Waals surface area (Å²) in [4.78, 5) is 233. The van der Waals surface area contributed by atoms with Crippen LogP contribution in [0.15, 0.2) is 0 Å². The van der Waals surface area contributed by atoms with Crippen molar-refractivity contribution < 1.29 is 116 Å². The van der Waals surface area contributed by atoms with Crippen LogP contribution in [0.25, 0.3) is 0 Å². The molecule has 2 saturated carbocycles. The van der Waals surface area contributed by atoms with E-state index in [0.717, 1.165) is 96.3 Å². The van der Waals surface area contributed by atoms with Gasteiger partial charge in [0.2, 0.25) is 88.6 Å². The van der Waals surface area contributed by atoms with Gasteiger partial charge in [-0.15, -0.1) is 0 Å². The summed E-state index contributed by atoms with van der Waals surface area (Å²) in [6, 6.07) is -14.1. The van der Waals surface area contributed by atoms with Crippen LogP contribution < -0.4 is 81.0 Å². The second-order valence-corrected chi connectivity index (χ2v) is 40.7. The van der Waals surface area contributed by atoms with E-state index in [9.17, 15) is 102 Å². The third kappa shape index (κ3) is 44.0. The maximum atomic E-state index is 14.1. The largest absolute Gasteiger partial charge is 0.460 e. The van der Waals surface area contributed by atoms with E-state index in [1.165, 1.54) is 67.8 Å². The van der Waals surface area contributed by atoms with E-state index in [2.05, 4.69) is 84.6 Å².